The molecule has 1 aromatic rings. The van der Waals surface area contributed by atoms with Crippen LogP contribution in [0.25, 0.3) is 0 Å². The molecule has 0 bridgehead atoms. The first-order chi connectivity index (χ1) is 6.87. The molecule has 0 saturated carbocycles. The van der Waals surface area contributed by atoms with Crippen molar-refractivity contribution < 1.29 is 8.42 Å². The van der Waals surface area contributed by atoms with E-state index in [1.54, 1.807) is 0 Å². The van der Waals surface area contributed by atoms with Crippen LogP contribution in [-0.2, 0) is 9.84 Å². The van der Waals surface area contributed by atoms with Gasteiger partial charge in [-0.05, 0) is 37.1 Å². The van der Waals surface area contributed by atoms with E-state index in [4.69, 9.17) is 0 Å². The molecule has 0 atom stereocenters. The van der Waals surface area contributed by atoms with Gasteiger partial charge in [0.25, 0.3) is 0 Å². The van der Waals surface area contributed by atoms with Gasteiger partial charge in [0.2, 0.25) is 0 Å². The number of sulfone groups is 1. The molecule has 1 rings (SSSR count). The fourth-order valence-electron chi connectivity index (χ4n) is 1.46. The summed E-state index contributed by atoms with van der Waals surface area (Å²) in [6.07, 6.45) is 1.25. The Kier molecular flexibility index (Phi) is 3.74. The van der Waals surface area contributed by atoms with Crippen molar-refractivity contribution >= 4 is 15.5 Å². The molecule has 0 unspecified atom stereocenters. The van der Waals surface area contributed by atoms with Crippen LogP contribution < -0.4 is 5.32 Å². The summed E-state index contributed by atoms with van der Waals surface area (Å²) in [5.41, 5.74) is 3.34. The largest absolute Gasteiger partial charge is 0.384 e. The lowest BCUT2D eigenvalue weighted by atomic mass is 10.1. The molecule has 0 amide bonds. The van der Waals surface area contributed by atoms with Gasteiger partial charge in [0.1, 0.15) is 9.84 Å². The van der Waals surface area contributed by atoms with Crippen molar-refractivity contribution in [2.75, 3.05) is 23.9 Å². The van der Waals surface area contributed by atoms with Crippen LogP contribution >= 0.6 is 0 Å². The SMILES string of the molecule is Cc1cc(C)cc(NCCS(C)(=O)=O)c1. The zero-order chi connectivity index (χ0) is 11.5. The number of nitrogens with one attached hydrogen (secondary N) is 1. The highest BCUT2D eigenvalue weighted by molar-refractivity contribution is 7.90. The van der Waals surface area contributed by atoms with Crippen LogP contribution in [0, 0.1) is 13.8 Å². The van der Waals surface area contributed by atoms with Crippen LogP contribution in [-0.4, -0.2) is 27.0 Å². The van der Waals surface area contributed by atoms with Crippen molar-refractivity contribution in [1.82, 2.24) is 0 Å². The van der Waals surface area contributed by atoms with Crippen LogP contribution in [0.1, 0.15) is 11.1 Å². The molecular formula is C11H17NO2S. The summed E-state index contributed by atoms with van der Waals surface area (Å²) < 4.78 is 21.8. The molecule has 0 radical (unpaired) electrons. The Morgan fingerprint density at radius 3 is 2.13 bits per heavy atom. The van der Waals surface area contributed by atoms with E-state index in [-0.39, 0.29) is 5.75 Å². The minimum absolute atomic E-state index is 0.167. The second kappa shape index (κ2) is 4.66. The van der Waals surface area contributed by atoms with Crippen LogP contribution in [0.4, 0.5) is 5.69 Å². The van der Waals surface area contributed by atoms with E-state index >= 15 is 0 Å². The molecule has 0 aliphatic heterocycles. The molecule has 0 aliphatic rings. The first-order valence-electron chi connectivity index (χ1n) is 4.87. The molecular weight excluding hydrogens is 210 g/mol. The fourth-order valence-corrected chi connectivity index (χ4v) is 1.93. The highest BCUT2D eigenvalue weighted by Crippen LogP contribution is 2.13. The number of benzene rings is 1. The van der Waals surface area contributed by atoms with E-state index in [0.29, 0.717) is 6.54 Å². The molecule has 15 heavy (non-hydrogen) atoms. The van der Waals surface area contributed by atoms with Gasteiger partial charge >= 0.3 is 0 Å². The minimum Gasteiger partial charge on any atom is -0.384 e. The lowest BCUT2D eigenvalue weighted by Gasteiger charge is -2.07. The summed E-state index contributed by atoms with van der Waals surface area (Å²) in [6, 6.07) is 6.10. The van der Waals surface area contributed by atoms with Crippen molar-refractivity contribution in [3.05, 3.63) is 29.3 Å². The maximum atomic E-state index is 10.9. The molecule has 0 aliphatic carbocycles. The Morgan fingerprint density at radius 2 is 1.67 bits per heavy atom. The predicted molar refractivity (Wildman–Crippen MR) is 64.1 cm³/mol. The molecule has 84 valence electrons. The average Bonchev–Trinajstić information content (AvgIpc) is 1.99. The normalized spacial score (nSPS) is 11.4. The smallest absolute Gasteiger partial charge is 0.149 e. The van der Waals surface area contributed by atoms with Gasteiger partial charge in [-0.3, -0.25) is 0 Å². The monoisotopic (exact) mass is 227 g/mol. The van der Waals surface area contributed by atoms with E-state index in [1.807, 2.05) is 26.0 Å². The summed E-state index contributed by atoms with van der Waals surface area (Å²) in [5, 5.41) is 3.10. The van der Waals surface area contributed by atoms with E-state index < -0.39 is 9.84 Å². The number of hydrogen-bond acceptors (Lipinski definition) is 3. The highest BCUT2D eigenvalue weighted by Gasteiger charge is 2.01. The first kappa shape index (κ1) is 12.0. The lowest BCUT2D eigenvalue weighted by molar-refractivity contribution is 0.602. The Bertz CT molecular complexity index is 418. The zero-order valence-electron chi connectivity index (χ0n) is 9.37. The van der Waals surface area contributed by atoms with Crippen LogP contribution in [0.3, 0.4) is 0 Å². The van der Waals surface area contributed by atoms with Gasteiger partial charge in [-0.2, -0.15) is 0 Å². The third-order valence-electron chi connectivity index (χ3n) is 2.02. The molecule has 1 aromatic carbocycles. The van der Waals surface area contributed by atoms with Crippen LogP contribution in [0.5, 0.6) is 0 Å². The van der Waals surface area contributed by atoms with E-state index in [0.717, 1.165) is 5.69 Å². The Morgan fingerprint density at radius 1 is 1.13 bits per heavy atom. The maximum absolute atomic E-state index is 10.9. The van der Waals surface area contributed by atoms with Crippen LogP contribution in [0.2, 0.25) is 0 Å². The number of hydrogen-bond donors (Lipinski definition) is 1. The molecule has 0 spiro atoms. The summed E-state index contributed by atoms with van der Waals surface area (Å²) >= 11 is 0. The van der Waals surface area contributed by atoms with Gasteiger partial charge in [-0.25, -0.2) is 8.42 Å². The van der Waals surface area contributed by atoms with Gasteiger partial charge < -0.3 is 5.32 Å². The third kappa shape index (κ3) is 4.83. The third-order valence-corrected chi connectivity index (χ3v) is 2.97. The van der Waals surface area contributed by atoms with Crippen molar-refractivity contribution in [3.63, 3.8) is 0 Å². The maximum Gasteiger partial charge on any atom is 0.149 e. The lowest BCUT2D eigenvalue weighted by Crippen LogP contribution is -2.14. The van der Waals surface area contributed by atoms with E-state index in [2.05, 4.69) is 11.4 Å². The minimum atomic E-state index is -2.88. The molecule has 3 nitrogen and oxygen atoms in total. The standard InChI is InChI=1S/C11H17NO2S/c1-9-6-10(2)8-11(7-9)12-4-5-15(3,13)14/h6-8,12H,4-5H2,1-3H3. The van der Waals surface area contributed by atoms with Crippen LogP contribution in [0.15, 0.2) is 18.2 Å². The van der Waals surface area contributed by atoms with Gasteiger partial charge in [-0.15, -0.1) is 0 Å². The van der Waals surface area contributed by atoms with Crippen molar-refractivity contribution in [2.45, 2.75) is 13.8 Å². The van der Waals surface area contributed by atoms with Gasteiger partial charge in [0.05, 0.1) is 5.75 Å². The molecule has 4 heteroatoms. The Hall–Kier alpha value is -1.03. The summed E-state index contributed by atoms with van der Waals surface area (Å²) in [7, 11) is -2.88. The average molecular weight is 227 g/mol. The molecule has 0 saturated heterocycles. The highest BCUT2D eigenvalue weighted by atomic mass is 32.2. The van der Waals surface area contributed by atoms with Crippen molar-refractivity contribution in [2.24, 2.45) is 0 Å². The summed E-state index contributed by atoms with van der Waals surface area (Å²) in [5.74, 6) is 0.167. The van der Waals surface area contributed by atoms with Crippen molar-refractivity contribution in [3.8, 4) is 0 Å². The Labute approximate surface area is 91.4 Å². The first-order valence-corrected chi connectivity index (χ1v) is 6.93. The quantitative estimate of drug-likeness (QED) is 0.852. The second-order valence-corrected chi connectivity index (χ2v) is 6.19. The van der Waals surface area contributed by atoms with E-state index in [9.17, 15) is 8.42 Å². The number of anilines is 1. The zero-order valence-corrected chi connectivity index (χ0v) is 10.2. The molecule has 0 aromatic heterocycles. The summed E-state index contributed by atoms with van der Waals surface area (Å²) in [6.45, 7) is 4.51. The van der Waals surface area contributed by atoms with Gasteiger partial charge in [-0.1, -0.05) is 6.07 Å². The van der Waals surface area contributed by atoms with Crippen molar-refractivity contribution in [1.29, 1.82) is 0 Å². The van der Waals surface area contributed by atoms with Gasteiger partial charge in [0, 0.05) is 18.5 Å². The fraction of sp³-hybridized carbons (Fsp3) is 0.455. The summed E-state index contributed by atoms with van der Waals surface area (Å²) in [4.78, 5) is 0. The molecule has 0 fully saturated rings. The molecule has 0 heterocycles. The Balaban J connectivity index is 2.58. The predicted octanol–water partition coefficient (Wildman–Crippen LogP) is 1.76. The van der Waals surface area contributed by atoms with E-state index in [1.165, 1.54) is 17.4 Å². The van der Waals surface area contributed by atoms with Gasteiger partial charge in [0.15, 0.2) is 0 Å². The number of aryl methyl sites for hydroxylation is 2. The second-order valence-electron chi connectivity index (χ2n) is 3.93. The molecule has 1 N–H and O–H groups in total. The number of rotatable bonds is 4. The topological polar surface area (TPSA) is 46.2 Å².